The molecule has 1 amide bonds. The summed E-state index contributed by atoms with van der Waals surface area (Å²) in [6, 6.07) is 12.7. The maximum atomic E-state index is 12.6. The summed E-state index contributed by atoms with van der Waals surface area (Å²) in [5.41, 5.74) is 1.17. The average Bonchev–Trinajstić information content (AvgIpc) is 2.70. The molecule has 1 aliphatic heterocycles. The van der Waals surface area contributed by atoms with Crippen LogP contribution >= 0.6 is 23.2 Å². The van der Waals surface area contributed by atoms with Crippen LogP contribution in [-0.4, -0.2) is 49.0 Å². The Labute approximate surface area is 173 Å². The number of halogens is 2. The number of aromatic nitrogens is 1. The Bertz CT molecular complexity index is 1030. The van der Waals surface area contributed by atoms with Crippen LogP contribution in [0.2, 0.25) is 10.0 Å². The predicted octanol–water partition coefficient (Wildman–Crippen LogP) is 4.55. The van der Waals surface area contributed by atoms with E-state index in [-0.39, 0.29) is 5.91 Å². The summed E-state index contributed by atoms with van der Waals surface area (Å²) >= 11 is 12.0. The van der Waals surface area contributed by atoms with Crippen molar-refractivity contribution in [1.29, 1.82) is 0 Å². The number of nitrogens with zero attached hydrogens (tertiary/aromatic N) is 3. The van der Waals surface area contributed by atoms with Gasteiger partial charge in [-0.05, 0) is 48.8 Å². The van der Waals surface area contributed by atoms with E-state index in [4.69, 9.17) is 23.2 Å². The number of pyridine rings is 1. The molecule has 1 aliphatic rings. The van der Waals surface area contributed by atoms with Crippen molar-refractivity contribution in [2.24, 2.45) is 0 Å². The van der Waals surface area contributed by atoms with Gasteiger partial charge in [0.05, 0.1) is 10.0 Å². The van der Waals surface area contributed by atoms with E-state index in [1.807, 2.05) is 30.5 Å². The van der Waals surface area contributed by atoms with Crippen LogP contribution in [0.5, 0.6) is 0 Å². The maximum Gasteiger partial charge on any atom is 0.255 e. The fourth-order valence-electron chi connectivity index (χ4n) is 3.34. The molecule has 2 aromatic carbocycles. The fraction of sp³-hybridized carbons (Fsp3) is 0.238. The first-order valence-corrected chi connectivity index (χ1v) is 9.85. The molecule has 0 radical (unpaired) electrons. The molecule has 7 heteroatoms. The van der Waals surface area contributed by atoms with E-state index in [9.17, 15) is 4.79 Å². The van der Waals surface area contributed by atoms with Gasteiger partial charge in [0, 0.05) is 49.0 Å². The lowest BCUT2D eigenvalue weighted by molar-refractivity contribution is 0.102. The van der Waals surface area contributed by atoms with Crippen molar-refractivity contribution in [1.82, 2.24) is 9.88 Å². The van der Waals surface area contributed by atoms with E-state index < -0.39 is 0 Å². The molecule has 1 fully saturated rings. The normalized spacial score (nSPS) is 15.0. The first kappa shape index (κ1) is 19.0. The van der Waals surface area contributed by atoms with Crippen molar-refractivity contribution in [3.63, 3.8) is 0 Å². The summed E-state index contributed by atoms with van der Waals surface area (Å²) in [5.74, 6) is 0.721. The van der Waals surface area contributed by atoms with Crippen LogP contribution in [0.4, 0.5) is 11.5 Å². The number of anilines is 2. The van der Waals surface area contributed by atoms with Gasteiger partial charge in [-0.25, -0.2) is 4.98 Å². The number of benzene rings is 2. The summed E-state index contributed by atoms with van der Waals surface area (Å²) in [4.78, 5) is 21.8. The molecule has 28 heavy (non-hydrogen) atoms. The molecule has 0 bridgehead atoms. The first-order chi connectivity index (χ1) is 13.5. The highest BCUT2D eigenvalue weighted by molar-refractivity contribution is 6.42. The molecule has 4 rings (SSSR count). The SMILES string of the molecule is CN1CCN(c2nccc3ccc(NC(=O)c4ccc(Cl)c(Cl)c4)cc23)CC1. The average molecular weight is 415 g/mol. The van der Waals surface area contributed by atoms with Gasteiger partial charge < -0.3 is 15.1 Å². The summed E-state index contributed by atoms with van der Waals surface area (Å²) in [6.07, 6.45) is 1.84. The molecule has 3 aromatic rings. The number of amides is 1. The number of piperazine rings is 1. The zero-order chi connectivity index (χ0) is 19.7. The minimum Gasteiger partial charge on any atom is -0.354 e. The van der Waals surface area contributed by atoms with E-state index >= 15 is 0 Å². The van der Waals surface area contributed by atoms with Gasteiger partial charge in [-0.2, -0.15) is 0 Å². The zero-order valence-electron chi connectivity index (χ0n) is 15.5. The molecule has 144 valence electrons. The van der Waals surface area contributed by atoms with Gasteiger partial charge in [0.1, 0.15) is 5.82 Å². The highest BCUT2D eigenvalue weighted by atomic mass is 35.5. The van der Waals surface area contributed by atoms with Gasteiger partial charge in [-0.15, -0.1) is 0 Å². The van der Waals surface area contributed by atoms with Crippen LogP contribution in [-0.2, 0) is 0 Å². The van der Waals surface area contributed by atoms with E-state index in [1.54, 1.807) is 18.2 Å². The van der Waals surface area contributed by atoms with Crippen molar-refractivity contribution in [2.45, 2.75) is 0 Å². The molecule has 2 heterocycles. The molecule has 1 saturated heterocycles. The van der Waals surface area contributed by atoms with Crippen LogP contribution in [0.15, 0.2) is 48.7 Å². The lowest BCUT2D eigenvalue weighted by atomic mass is 10.1. The molecular weight excluding hydrogens is 395 g/mol. The first-order valence-electron chi connectivity index (χ1n) is 9.10. The molecule has 0 atom stereocenters. The highest BCUT2D eigenvalue weighted by Crippen LogP contribution is 2.28. The summed E-state index contributed by atoms with van der Waals surface area (Å²) < 4.78 is 0. The van der Waals surface area contributed by atoms with Crippen LogP contribution in [0.25, 0.3) is 10.8 Å². The monoisotopic (exact) mass is 414 g/mol. The quantitative estimate of drug-likeness (QED) is 0.682. The van der Waals surface area contributed by atoms with Gasteiger partial charge in [-0.3, -0.25) is 4.79 Å². The summed E-state index contributed by atoms with van der Waals surface area (Å²) in [5, 5.41) is 5.84. The van der Waals surface area contributed by atoms with Crippen molar-refractivity contribution < 1.29 is 4.79 Å². The highest BCUT2D eigenvalue weighted by Gasteiger charge is 2.18. The Morgan fingerprint density at radius 3 is 2.54 bits per heavy atom. The smallest absolute Gasteiger partial charge is 0.255 e. The van der Waals surface area contributed by atoms with Crippen molar-refractivity contribution in [3.8, 4) is 0 Å². The minimum absolute atomic E-state index is 0.233. The van der Waals surface area contributed by atoms with Crippen LogP contribution in [0, 0.1) is 0 Å². The third kappa shape index (κ3) is 3.92. The third-order valence-corrected chi connectivity index (χ3v) is 5.73. The zero-order valence-corrected chi connectivity index (χ0v) is 17.0. The standard InChI is InChI=1S/C21H20Cl2N4O/c1-26-8-10-27(11-9-26)20-17-13-16(4-2-14(17)6-7-24-20)25-21(28)15-3-5-18(22)19(23)12-15/h2-7,12-13H,8-11H2,1H3,(H,25,28). The van der Waals surface area contributed by atoms with E-state index in [0.717, 1.165) is 42.8 Å². The number of hydrogen-bond acceptors (Lipinski definition) is 4. The largest absolute Gasteiger partial charge is 0.354 e. The predicted molar refractivity (Wildman–Crippen MR) is 116 cm³/mol. The van der Waals surface area contributed by atoms with Gasteiger partial charge >= 0.3 is 0 Å². The van der Waals surface area contributed by atoms with Gasteiger partial charge in [0.2, 0.25) is 0 Å². The third-order valence-electron chi connectivity index (χ3n) is 4.99. The van der Waals surface area contributed by atoms with E-state index in [0.29, 0.717) is 21.3 Å². The minimum atomic E-state index is -0.233. The molecule has 0 unspecified atom stereocenters. The lowest BCUT2D eigenvalue weighted by Gasteiger charge is -2.33. The number of likely N-dealkylation sites (N-methyl/N-ethyl adjacent to an activating group) is 1. The molecular formula is C21H20Cl2N4O. The van der Waals surface area contributed by atoms with Crippen LogP contribution < -0.4 is 10.2 Å². The number of carbonyl (C=O) groups excluding carboxylic acids is 1. The Balaban J connectivity index is 1.62. The molecule has 0 spiro atoms. The Morgan fingerprint density at radius 1 is 1.00 bits per heavy atom. The van der Waals surface area contributed by atoms with Crippen LogP contribution in [0.3, 0.4) is 0 Å². The number of carbonyl (C=O) groups is 1. The Kier molecular flexibility index (Phi) is 5.40. The topological polar surface area (TPSA) is 48.5 Å². The maximum absolute atomic E-state index is 12.6. The van der Waals surface area contributed by atoms with Crippen molar-refractivity contribution in [3.05, 3.63) is 64.3 Å². The number of rotatable bonds is 3. The number of nitrogens with one attached hydrogen (secondary N) is 1. The molecule has 0 saturated carbocycles. The Hall–Kier alpha value is -2.34. The Morgan fingerprint density at radius 2 is 1.79 bits per heavy atom. The molecule has 0 aliphatic carbocycles. The van der Waals surface area contributed by atoms with Crippen LogP contribution in [0.1, 0.15) is 10.4 Å². The second-order valence-corrected chi connectivity index (χ2v) is 7.76. The summed E-state index contributed by atoms with van der Waals surface area (Å²) in [6.45, 7) is 3.88. The molecule has 1 N–H and O–H groups in total. The van der Waals surface area contributed by atoms with Crippen molar-refractivity contribution >= 4 is 51.4 Å². The number of fused-ring (bicyclic) bond motifs is 1. The van der Waals surface area contributed by atoms with E-state index in [2.05, 4.69) is 27.1 Å². The summed E-state index contributed by atoms with van der Waals surface area (Å²) in [7, 11) is 2.13. The van der Waals surface area contributed by atoms with E-state index in [1.165, 1.54) is 0 Å². The fourth-order valence-corrected chi connectivity index (χ4v) is 3.64. The van der Waals surface area contributed by atoms with Crippen molar-refractivity contribution in [2.75, 3.05) is 43.4 Å². The second kappa shape index (κ2) is 7.95. The molecule has 5 nitrogen and oxygen atoms in total. The van der Waals surface area contributed by atoms with Gasteiger partial charge in [-0.1, -0.05) is 29.3 Å². The second-order valence-electron chi connectivity index (χ2n) is 6.94. The van der Waals surface area contributed by atoms with Gasteiger partial charge in [0.15, 0.2) is 0 Å². The number of hydrogen-bond donors (Lipinski definition) is 1. The van der Waals surface area contributed by atoms with Gasteiger partial charge in [0.25, 0.3) is 5.91 Å². The molecule has 1 aromatic heterocycles. The lowest BCUT2D eigenvalue weighted by Crippen LogP contribution is -2.44.